The molecule has 1 saturated heterocycles. The molecule has 0 saturated carbocycles. The van der Waals surface area contributed by atoms with Gasteiger partial charge in [-0.3, -0.25) is 0 Å². The van der Waals surface area contributed by atoms with Crippen molar-refractivity contribution in [2.75, 3.05) is 32.1 Å². The van der Waals surface area contributed by atoms with E-state index in [2.05, 4.69) is 23.9 Å². The van der Waals surface area contributed by atoms with E-state index in [-0.39, 0.29) is 0 Å². The predicted octanol–water partition coefficient (Wildman–Crippen LogP) is 3.84. The molecule has 0 aromatic heterocycles. The van der Waals surface area contributed by atoms with Gasteiger partial charge in [-0.25, -0.2) is 0 Å². The van der Waals surface area contributed by atoms with Crippen LogP contribution in [0.5, 0.6) is 0 Å². The van der Waals surface area contributed by atoms with Crippen molar-refractivity contribution in [2.45, 2.75) is 25.1 Å². The van der Waals surface area contributed by atoms with Crippen LogP contribution in [0.15, 0.2) is 18.2 Å². The molecule has 0 aliphatic carbocycles. The van der Waals surface area contributed by atoms with Crippen LogP contribution in [0, 0.1) is 3.57 Å². The lowest BCUT2D eigenvalue weighted by atomic mass is 10.0. The quantitative estimate of drug-likeness (QED) is 0.699. The molecule has 1 aromatic rings. The van der Waals surface area contributed by atoms with E-state index in [0.29, 0.717) is 9.61 Å². The molecule has 1 aliphatic rings. The van der Waals surface area contributed by atoms with Crippen LogP contribution in [-0.2, 0) is 6.18 Å². The Balaban J connectivity index is 2.11. The third-order valence-corrected chi connectivity index (χ3v) is 4.67. The number of alkyl halides is 3. The fourth-order valence-corrected chi connectivity index (χ4v) is 3.42. The SMILES string of the molecule is CN(C)C1CCN(c2ccc(C(F)(F)F)cc2I)CC1. The van der Waals surface area contributed by atoms with Crippen LogP contribution in [0.1, 0.15) is 18.4 Å². The molecule has 1 fully saturated rings. The lowest BCUT2D eigenvalue weighted by Crippen LogP contribution is -2.42. The first kappa shape index (κ1) is 15.9. The minimum Gasteiger partial charge on any atom is -0.371 e. The zero-order chi connectivity index (χ0) is 14.9. The van der Waals surface area contributed by atoms with Gasteiger partial charge in [0.1, 0.15) is 0 Å². The first-order valence-electron chi connectivity index (χ1n) is 6.57. The second-order valence-electron chi connectivity index (χ2n) is 5.35. The maximum atomic E-state index is 12.7. The summed E-state index contributed by atoms with van der Waals surface area (Å²) in [5.41, 5.74) is 0.338. The number of hydrogen-bond acceptors (Lipinski definition) is 2. The maximum Gasteiger partial charge on any atom is 0.416 e. The molecule has 0 spiro atoms. The van der Waals surface area contributed by atoms with Gasteiger partial charge < -0.3 is 9.80 Å². The van der Waals surface area contributed by atoms with Gasteiger partial charge in [0.15, 0.2) is 0 Å². The van der Waals surface area contributed by atoms with E-state index in [1.807, 2.05) is 22.6 Å². The summed E-state index contributed by atoms with van der Waals surface area (Å²) in [5, 5.41) is 0. The van der Waals surface area contributed by atoms with Crippen molar-refractivity contribution in [3.05, 3.63) is 27.3 Å². The Labute approximate surface area is 131 Å². The molecule has 2 rings (SSSR count). The lowest BCUT2D eigenvalue weighted by molar-refractivity contribution is -0.137. The monoisotopic (exact) mass is 398 g/mol. The highest BCUT2D eigenvalue weighted by atomic mass is 127. The van der Waals surface area contributed by atoms with Gasteiger partial charge in [0, 0.05) is 22.7 Å². The zero-order valence-electron chi connectivity index (χ0n) is 11.5. The summed E-state index contributed by atoms with van der Waals surface area (Å²) < 4.78 is 38.6. The van der Waals surface area contributed by atoms with E-state index < -0.39 is 11.7 Å². The number of hydrogen-bond donors (Lipinski definition) is 0. The summed E-state index contributed by atoms with van der Waals surface area (Å²) >= 11 is 1.99. The van der Waals surface area contributed by atoms with Crippen molar-refractivity contribution in [1.82, 2.24) is 4.90 Å². The van der Waals surface area contributed by atoms with Crippen molar-refractivity contribution < 1.29 is 13.2 Å². The van der Waals surface area contributed by atoms with E-state index in [9.17, 15) is 13.2 Å². The summed E-state index contributed by atoms with van der Waals surface area (Å²) in [6.07, 6.45) is -2.18. The van der Waals surface area contributed by atoms with Crippen LogP contribution in [-0.4, -0.2) is 38.1 Å². The summed E-state index contributed by atoms with van der Waals surface area (Å²) in [5.74, 6) is 0. The highest BCUT2D eigenvalue weighted by Crippen LogP contribution is 2.34. The van der Waals surface area contributed by atoms with Crippen molar-refractivity contribution in [2.24, 2.45) is 0 Å². The number of piperidine rings is 1. The van der Waals surface area contributed by atoms with Gasteiger partial charge in [-0.05, 0) is 67.7 Å². The van der Waals surface area contributed by atoms with Crippen LogP contribution in [0.2, 0.25) is 0 Å². The van der Waals surface area contributed by atoms with Gasteiger partial charge in [0.25, 0.3) is 0 Å². The van der Waals surface area contributed by atoms with E-state index in [4.69, 9.17) is 0 Å². The smallest absolute Gasteiger partial charge is 0.371 e. The molecule has 0 amide bonds. The molecule has 2 nitrogen and oxygen atoms in total. The lowest BCUT2D eigenvalue weighted by Gasteiger charge is -2.37. The molecular formula is C14H18F3IN2. The topological polar surface area (TPSA) is 6.48 Å². The Morgan fingerprint density at radius 3 is 2.25 bits per heavy atom. The molecule has 20 heavy (non-hydrogen) atoms. The zero-order valence-corrected chi connectivity index (χ0v) is 13.7. The number of rotatable bonds is 2. The fraction of sp³-hybridized carbons (Fsp3) is 0.571. The second kappa shape index (κ2) is 6.09. The molecule has 1 aromatic carbocycles. The molecule has 6 heteroatoms. The van der Waals surface area contributed by atoms with Gasteiger partial charge in [-0.1, -0.05) is 0 Å². The largest absolute Gasteiger partial charge is 0.416 e. The molecular weight excluding hydrogens is 380 g/mol. The van der Waals surface area contributed by atoms with Crippen molar-refractivity contribution in [3.63, 3.8) is 0 Å². The predicted molar refractivity (Wildman–Crippen MR) is 83.1 cm³/mol. The van der Waals surface area contributed by atoms with E-state index >= 15 is 0 Å². The molecule has 0 atom stereocenters. The number of benzene rings is 1. The van der Waals surface area contributed by atoms with Crippen LogP contribution in [0.3, 0.4) is 0 Å². The first-order valence-corrected chi connectivity index (χ1v) is 7.65. The van der Waals surface area contributed by atoms with Crippen LogP contribution < -0.4 is 4.90 Å². The van der Waals surface area contributed by atoms with Gasteiger partial charge in [0.2, 0.25) is 0 Å². The van der Waals surface area contributed by atoms with Gasteiger partial charge >= 0.3 is 6.18 Å². The normalized spacial score (nSPS) is 17.9. The molecule has 0 N–H and O–H groups in total. The van der Waals surface area contributed by atoms with E-state index in [1.54, 1.807) is 6.07 Å². The Morgan fingerprint density at radius 2 is 1.80 bits per heavy atom. The standard InChI is InChI=1S/C14H18F3IN2/c1-19(2)11-5-7-20(8-6-11)13-4-3-10(9-12(13)18)14(15,16)17/h3-4,9,11H,5-8H2,1-2H3. The molecule has 0 unspecified atom stereocenters. The molecule has 0 radical (unpaired) electrons. The van der Waals surface area contributed by atoms with Gasteiger partial charge in [-0.15, -0.1) is 0 Å². The molecule has 1 aliphatic heterocycles. The summed E-state index contributed by atoms with van der Waals surface area (Å²) in [6, 6.07) is 4.57. The highest BCUT2D eigenvalue weighted by Gasteiger charge is 2.31. The summed E-state index contributed by atoms with van der Waals surface area (Å²) in [4.78, 5) is 4.40. The Bertz CT molecular complexity index is 466. The Morgan fingerprint density at radius 1 is 1.20 bits per heavy atom. The van der Waals surface area contributed by atoms with Gasteiger partial charge in [-0.2, -0.15) is 13.2 Å². The average Bonchev–Trinajstić information content (AvgIpc) is 2.37. The highest BCUT2D eigenvalue weighted by molar-refractivity contribution is 14.1. The Hall–Kier alpha value is -0.500. The number of anilines is 1. The van der Waals surface area contributed by atoms with Gasteiger partial charge in [0.05, 0.1) is 11.3 Å². The summed E-state index contributed by atoms with van der Waals surface area (Å²) in [6.45, 7) is 1.79. The van der Waals surface area contributed by atoms with Crippen molar-refractivity contribution in [3.8, 4) is 0 Å². The molecule has 0 bridgehead atoms. The minimum atomic E-state index is -4.27. The second-order valence-corrected chi connectivity index (χ2v) is 6.51. The van der Waals surface area contributed by atoms with Crippen LogP contribution in [0.4, 0.5) is 18.9 Å². The van der Waals surface area contributed by atoms with Crippen LogP contribution >= 0.6 is 22.6 Å². The average molecular weight is 398 g/mol. The Kier molecular flexibility index (Phi) is 4.84. The van der Waals surface area contributed by atoms with E-state index in [1.165, 1.54) is 12.1 Å². The van der Waals surface area contributed by atoms with Crippen molar-refractivity contribution >= 4 is 28.3 Å². The minimum absolute atomic E-state index is 0.568. The molecule has 1 heterocycles. The van der Waals surface area contributed by atoms with E-state index in [0.717, 1.165) is 31.6 Å². The third-order valence-electron chi connectivity index (χ3n) is 3.81. The fourth-order valence-electron chi connectivity index (χ4n) is 2.56. The summed E-state index contributed by atoms with van der Waals surface area (Å²) in [7, 11) is 4.14. The number of halogens is 4. The number of nitrogens with zero attached hydrogens (tertiary/aromatic N) is 2. The maximum absolute atomic E-state index is 12.7. The first-order chi connectivity index (χ1) is 9.29. The van der Waals surface area contributed by atoms with Crippen molar-refractivity contribution in [1.29, 1.82) is 0 Å². The van der Waals surface area contributed by atoms with Crippen LogP contribution in [0.25, 0.3) is 0 Å². The molecule has 112 valence electrons. The third kappa shape index (κ3) is 3.58.